The van der Waals surface area contributed by atoms with Crippen molar-refractivity contribution in [2.75, 3.05) is 4.72 Å². The molecule has 0 spiro atoms. The molecule has 7 heteroatoms. The normalized spacial score (nSPS) is 11.3. The van der Waals surface area contributed by atoms with Crippen LogP contribution in [-0.4, -0.2) is 13.4 Å². The largest absolute Gasteiger partial charge is 0.282 e. The van der Waals surface area contributed by atoms with Crippen LogP contribution in [0.5, 0.6) is 0 Å². The zero-order chi connectivity index (χ0) is 14.0. The molecule has 2 aromatic rings. The standard InChI is InChI=1S/C12H10ClFN2O2S/c1-8-4-2-5-9(13)11(8)16-19(17,18)12-10(14)6-3-7-15-12/h2-7,16H,1H3. The summed E-state index contributed by atoms with van der Waals surface area (Å²) in [5, 5.41) is -0.422. The number of halogens is 2. The van der Waals surface area contributed by atoms with Crippen LogP contribution in [0.3, 0.4) is 0 Å². The van der Waals surface area contributed by atoms with Gasteiger partial charge in [-0.25, -0.2) is 9.37 Å². The number of hydrogen-bond donors (Lipinski definition) is 1. The molecule has 1 aromatic heterocycles. The Morgan fingerprint density at radius 3 is 2.63 bits per heavy atom. The lowest BCUT2D eigenvalue weighted by atomic mass is 10.2. The third-order valence-corrected chi connectivity index (χ3v) is 4.03. The maximum Gasteiger partial charge on any atom is 0.282 e. The Kier molecular flexibility index (Phi) is 3.73. The first-order chi connectivity index (χ1) is 8.92. The van der Waals surface area contributed by atoms with Gasteiger partial charge in [-0.05, 0) is 30.7 Å². The van der Waals surface area contributed by atoms with Gasteiger partial charge in [0.1, 0.15) is 0 Å². The first kappa shape index (κ1) is 13.8. The van der Waals surface area contributed by atoms with Gasteiger partial charge in [0.25, 0.3) is 10.0 Å². The van der Waals surface area contributed by atoms with Gasteiger partial charge in [-0.1, -0.05) is 23.7 Å². The van der Waals surface area contributed by atoms with Gasteiger partial charge >= 0.3 is 0 Å². The van der Waals surface area contributed by atoms with Crippen molar-refractivity contribution >= 4 is 27.3 Å². The Bertz CT molecular complexity index is 699. The van der Waals surface area contributed by atoms with Crippen molar-refractivity contribution in [1.82, 2.24) is 4.98 Å². The van der Waals surface area contributed by atoms with Crippen molar-refractivity contribution in [3.05, 3.63) is 52.9 Å². The highest BCUT2D eigenvalue weighted by molar-refractivity contribution is 7.92. The minimum Gasteiger partial charge on any atom is -0.276 e. The highest BCUT2D eigenvalue weighted by Crippen LogP contribution is 2.27. The Morgan fingerprint density at radius 2 is 2.00 bits per heavy atom. The molecule has 19 heavy (non-hydrogen) atoms. The summed E-state index contributed by atoms with van der Waals surface area (Å²) in [5.74, 6) is -0.917. The van der Waals surface area contributed by atoms with Gasteiger partial charge in [0.2, 0.25) is 5.03 Å². The lowest BCUT2D eigenvalue weighted by molar-refractivity contribution is 0.557. The Morgan fingerprint density at radius 1 is 1.26 bits per heavy atom. The number of aromatic nitrogens is 1. The molecule has 4 nitrogen and oxygen atoms in total. The number of pyridine rings is 1. The van der Waals surface area contributed by atoms with E-state index in [0.717, 1.165) is 6.07 Å². The first-order valence-corrected chi connectivity index (χ1v) is 7.16. The van der Waals surface area contributed by atoms with Gasteiger partial charge in [0.05, 0.1) is 10.7 Å². The molecule has 0 radical (unpaired) electrons. The van der Waals surface area contributed by atoms with Crippen LogP contribution in [0.15, 0.2) is 41.6 Å². The molecular weight excluding hydrogens is 291 g/mol. The highest BCUT2D eigenvalue weighted by Gasteiger charge is 2.22. The summed E-state index contributed by atoms with van der Waals surface area (Å²) in [7, 11) is -4.11. The second-order valence-corrected chi connectivity index (χ2v) is 5.83. The van der Waals surface area contributed by atoms with Crippen molar-refractivity contribution in [2.45, 2.75) is 11.9 Å². The van der Waals surface area contributed by atoms with Crippen LogP contribution in [0.1, 0.15) is 5.56 Å². The monoisotopic (exact) mass is 300 g/mol. The third kappa shape index (κ3) is 2.85. The number of aryl methyl sites for hydroxylation is 1. The fourth-order valence-corrected chi connectivity index (χ4v) is 3.00. The zero-order valence-electron chi connectivity index (χ0n) is 9.89. The maximum atomic E-state index is 13.5. The Labute approximate surface area is 115 Å². The number of hydrogen-bond acceptors (Lipinski definition) is 3. The summed E-state index contributed by atoms with van der Waals surface area (Å²) < 4.78 is 39.8. The van der Waals surface area contributed by atoms with E-state index in [1.54, 1.807) is 25.1 Å². The molecule has 0 saturated heterocycles. The number of nitrogens with zero attached hydrogens (tertiary/aromatic N) is 1. The van der Waals surface area contributed by atoms with Crippen LogP contribution in [0, 0.1) is 12.7 Å². The average molecular weight is 301 g/mol. The lowest BCUT2D eigenvalue weighted by Gasteiger charge is -2.11. The molecule has 0 aliphatic heterocycles. The van der Waals surface area contributed by atoms with Crippen LogP contribution in [0.25, 0.3) is 0 Å². The minimum absolute atomic E-state index is 0.217. The van der Waals surface area contributed by atoms with E-state index in [0.29, 0.717) is 5.56 Å². The van der Waals surface area contributed by atoms with E-state index in [-0.39, 0.29) is 10.7 Å². The van der Waals surface area contributed by atoms with E-state index in [9.17, 15) is 12.8 Å². The highest BCUT2D eigenvalue weighted by atomic mass is 35.5. The molecule has 0 saturated carbocycles. The summed E-state index contributed by atoms with van der Waals surface area (Å²) in [4.78, 5) is 3.54. The van der Waals surface area contributed by atoms with E-state index >= 15 is 0 Å². The van der Waals surface area contributed by atoms with Gasteiger partial charge in [0, 0.05) is 6.20 Å². The second kappa shape index (κ2) is 5.14. The Balaban J connectivity index is 2.46. The summed E-state index contributed by atoms with van der Waals surface area (Å²) in [5.41, 5.74) is 0.849. The predicted octanol–water partition coefficient (Wildman–Crippen LogP) is 2.98. The molecule has 0 amide bonds. The summed E-state index contributed by atoms with van der Waals surface area (Å²) in [6, 6.07) is 7.27. The van der Waals surface area contributed by atoms with Crippen LogP contribution in [-0.2, 0) is 10.0 Å². The van der Waals surface area contributed by atoms with Crippen molar-refractivity contribution in [2.24, 2.45) is 0 Å². The quantitative estimate of drug-likeness (QED) is 0.948. The molecule has 1 heterocycles. The van der Waals surface area contributed by atoms with Gasteiger partial charge in [-0.3, -0.25) is 4.72 Å². The molecule has 0 unspecified atom stereocenters. The fourth-order valence-electron chi connectivity index (χ4n) is 1.51. The van der Waals surface area contributed by atoms with Crippen molar-refractivity contribution in [1.29, 1.82) is 0 Å². The molecule has 2 rings (SSSR count). The summed E-state index contributed by atoms with van der Waals surface area (Å²) >= 11 is 5.92. The fraction of sp³-hybridized carbons (Fsp3) is 0.0833. The molecular formula is C12H10ClFN2O2S. The Hall–Kier alpha value is -1.66. The smallest absolute Gasteiger partial charge is 0.276 e. The van der Waals surface area contributed by atoms with E-state index in [2.05, 4.69) is 9.71 Å². The third-order valence-electron chi connectivity index (χ3n) is 2.44. The van der Waals surface area contributed by atoms with Gasteiger partial charge < -0.3 is 0 Å². The summed E-state index contributed by atoms with van der Waals surface area (Å²) in [6.45, 7) is 1.69. The topological polar surface area (TPSA) is 59.1 Å². The van der Waals surface area contributed by atoms with E-state index in [1.807, 2.05) is 0 Å². The number of para-hydroxylation sites is 1. The summed E-state index contributed by atoms with van der Waals surface area (Å²) in [6.07, 6.45) is 1.21. The van der Waals surface area contributed by atoms with Crippen LogP contribution >= 0.6 is 11.6 Å². The number of nitrogens with one attached hydrogen (secondary N) is 1. The van der Waals surface area contributed by atoms with Gasteiger partial charge in [-0.15, -0.1) is 0 Å². The van der Waals surface area contributed by atoms with Crippen LogP contribution < -0.4 is 4.72 Å². The van der Waals surface area contributed by atoms with Crippen molar-refractivity contribution < 1.29 is 12.8 Å². The van der Waals surface area contributed by atoms with Crippen LogP contribution in [0.2, 0.25) is 5.02 Å². The van der Waals surface area contributed by atoms with Crippen molar-refractivity contribution in [3.8, 4) is 0 Å². The molecule has 1 N–H and O–H groups in total. The molecule has 0 aliphatic carbocycles. The number of rotatable bonds is 3. The van der Waals surface area contributed by atoms with Crippen LogP contribution in [0.4, 0.5) is 10.1 Å². The number of sulfonamides is 1. The molecule has 100 valence electrons. The van der Waals surface area contributed by atoms with Crippen molar-refractivity contribution in [3.63, 3.8) is 0 Å². The van der Waals surface area contributed by atoms with E-state index < -0.39 is 20.9 Å². The minimum atomic E-state index is -4.11. The molecule has 0 aliphatic rings. The molecule has 1 aromatic carbocycles. The van der Waals surface area contributed by atoms with E-state index in [1.165, 1.54) is 12.3 Å². The molecule has 0 bridgehead atoms. The van der Waals surface area contributed by atoms with Gasteiger partial charge in [-0.2, -0.15) is 8.42 Å². The predicted molar refractivity (Wildman–Crippen MR) is 71.2 cm³/mol. The number of benzene rings is 1. The zero-order valence-corrected chi connectivity index (χ0v) is 11.5. The maximum absolute atomic E-state index is 13.5. The average Bonchev–Trinajstić information content (AvgIpc) is 2.34. The molecule has 0 fully saturated rings. The second-order valence-electron chi connectivity index (χ2n) is 3.83. The molecule has 0 atom stereocenters. The first-order valence-electron chi connectivity index (χ1n) is 5.30. The van der Waals surface area contributed by atoms with E-state index in [4.69, 9.17) is 11.6 Å². The lowest BCUT2D eigenvalue weighted by Crippen LogP contribution is -2.17. The number of anilines is 1. The SMILES string of the molecule is Cc1cccc(Cl)c1NS(=O)(=O)c1ncccc1F. The van der Waals surface area contributed by atoms with Gasteiger partial charge in [0.15, 0.2) is 5.82 Å².